The fourth-order valence-corrected chi connectivity index (χ4v) is 1.88. The summed E-state index contributed by atoms with van der Waals surface area (Å²) in [7, 11) is 1.91. The molecule has 0 aliphatic carbocycles. The predicted molar refractivity (Wildman–Crippen MR) is 64.3 cm³/mol. The van der Waals surface area contributed by atoms with Crippen molar-refractivity contribution in [3.8, 4) is 0 Å². The number of benzene rings is 1. The van der Waals surface area contributed by atoms with Crippen LogP contribution in [0.25, 0.3) is 10.9 Å². The summed E-state index contributed by atoms with van der Waals surface area (Å²) >= 11 is 6.10. The second-order valence-corrected chi connectivity index (χ2v) is 4.00. The summed E-state index contributed by atoms with van der Waals surface area (Å²) in [5, 5.41) is 4.91. The lowest BCUT2D eigenvalue weighted by Gasteiger charge is -2.07. The average molecular weight is 221 g/mol. The topological polar surface area (TPSA) is 24.9 Å². The second-order valence-electron chi connectivity index (χ2n) is 3.59. The molecule has 15 heavy (non-hydrogen) atoms. The van der Waals surface area contributed by atoms with Crippen LogP contribution in [-0.2, 0) is 6.54 Å². The summed E-state index contributed by atoms with van der Waals surface area (Å²) in [4.78, 5) is 4.57. The molecule has 2 nitrogen and oxygen atoms in total. The van der Waals surface area contributed by atoms with Crippen LogP contribution in [0.3, 0.4) is 0 Å². The van der Waals surface area contributed by atoms with Crippen LogP contribution in [0.15, 0.2) is 24.3 Å². The van der Waals surface area contributed by atoms with E-state index in [0.717, 1.165) is 23.1 Å². The molecule has 0 unspecified atom stereocenters. The Bertz CT molecular complexity index is 494. The van der Waals surface area contributed by atoms with Gasteiger partial charge >= 0.3 is 0 Å². The van der Waals surface area contributed by atoms with Crippen molar-refractivity contribution in [2.45, 2.75) is 13.5 Å². The molecule has 0 aliphatic heterocycles. The van der Waals surface area contributed by atoms with E-state index in [9.17, 15) is 0 Å². The Morgan fingerprint density at radius 1 is 1.40 bits per heavy atom. The molecule has 0 aliphatic rings. The molecule has 0 radical (unpaired) electrons. The van der Waals surface area contributed by atoms with Gasteiger partial charge in [0.25, 0.3) is 0 Å². The molecule has 78 valence electrons. The number of pyridine rings is 1. The summed E-state index contributed by atoms with van der Waals surface area (Å²) in [6.45, 7) is 2.84. The summed E-state index contributed by atoms with van der Waals surface area (Å²) in [5.74, 6) is 0. The number of aryl methyl sites for hydroxylation is 1. The molecule has 0 bridgehead atoms. The lowest BCUT2D eigenvalue weighted by molar-refractivity contribution is 0.789. The van der Waals surface area contributed by atoms with Crippen LogP contribution in [-0.4, -0.2) is 12.0 Å². The number of halogens is 1. The molecule has 0 amide bonds. The Morgan fingerprint density at radius 3 is 2.93 bits per heavy atom. The zero-order valence-corrected chi connectivity index (χ0v) is 9.60. The minimum Gasteiger partial charge on any atom is -0.314 e. The number of fused-ring (bicyclic) bond motifs is 1. The Kier molecular flexibility index (Phi) is 2.89. The number of hydrogen-bond acceptors (Lipinski definition) is 2. The maximum atomic E-state index is 6.10. The average Bonchev–Trinajstić information content (AvgIpc) is 2.21. The molecular weight excluding hydrogens is 208 g/mol. The minimum absolute atomic E-state index is 0.713. The predicted octanol–water partition coefficient (Wildman–Crippen LogP) is 2.92. The van der Waals surface area contributed by atoms with Crippen molar-refractivity contribution in [1.82, 2.24) is 10.3 Å². The molecule has 0 saturated carbocycles. The third kappa shape index (κ3) is 1.96. The Hall–Kier alpha value is -1.12. The van der Waals surface area contributed by atoms with Gasteiger partial charge in [0.1, 0.15) is 0 Å². The third-order valence-electron chi connectivity index (χ3n) is 2.44. The summed E-state index contributed by atoms with van der Waals surface area (Å²) in [6, 6.07) is 7.98. The zero-order chi connectivity index (χ0) is 10.8. The smallest absolute Gasteiger partial charge is 0.0892 e. The molecule has 1 heterocycles. The lowest BCUT2D eigenvalue weighted by atomic mass is 10.1. The van der Waals surface area contributed by atoms with Gasteiger partial charge in [-0.05, 0) is 31.7 Å². The highest BCUT2D eigenvalue weighted by molar-refractivity contribution is 6.35. The van der Waals surface area contributed by atoms with E-state index in [2.05, 4.69) is 23.3 Å². The Morgan fingerprint density at radius 2 is 2.20 bits per heavy atom. The van der Waals surface area contributed by atoms with Crippen LogP contribution < -0.4 is 5.32 Å². The first-order valence-corrected chi connectivity index (χ1v) is 5.29. The van der Waals surface area contributed by atoms with Crippen molar-refractivity contribution in [3.63, 3.8) is 0 Å². The highest BCUT2D eigenvalue weighted by Crippen LogP contribution is 2.23. The first-order valence-electron chi connectivity index (χ1n) is 4.91. The van der Waals surface area contributed by atoms with Gasteiger partial charge in [0.15, 0.2) is 0 Å². The molecular formula is C12H13ClN2. The van der Waals surface area contributed by atoms with Gasteiger partial charge in [0, 0.05) is 11.9 Å². The number of aromatic nitrogens is 1. The molecule has 0 atom stereocenters. The fraction of sp³-hybridized carbons (Fsp3) is 0.250. The van der Waals surface area contributed by atoms with Crippen LogP contribution in [0, 0.1) is 6.92 Å². The molecule has 2 aromatic rings. The van der Waals surface area contributed by atoms with Crippen LogP contribution in [0.2, 0.25) is 5.02 Å². The van der Waals surface area contributed by atoms with Crippen LogP contribution in [0.5, 0.6) is 0 Å². The third-order valence-corrected chi connectivity index (χ3v) is 2.74. The van der Waals surface area contributed by atoms with Crippen molar-refractivity contribution in [3.05, 3.63) is 40.5 Å². The van der Waals surface area contributed by atoms with Gasteiger partial charge in [-0.2, -0.15) is 0 Å². The lowest BCUT2D eigenvalue weighted by Crippen LogP contribution is -2.08. The number of nitrogens with zero attached hydrogens (tertiary/aromatic N) is 1. The molecule has 2 rings (SSSR count). The summed E-state index contributed by atoms with van der Waals surface area (Å²) < 4.78 is 0. The second kappa shape index (κ2) is 4.17. The van der Waals surface area contributed by atoms with Crippen molar-refractivity contribution < 1.29 is 0 Å². The number of hydrogen-bond donors (Lipinski definition) is 1. The first kappa shape index (κ1) is 10.4. The first-order chi connectivity index (χ1) is 7.22. The molecule has 0 spiro atoms. The van der Waals surface area contributed by atoms with Gasteiger partial charge in [0.05, 0.1) is 16.2 Å². The highest BCUT2D eigenvalue weighted by atomic mass is 35.5. The van der Waals surface area contributed by atoms with E-state index in [1.54, 1.807) is 0 Å². The highest BCUT2D eigenvalue weighted by Gasteiger charge is 2.04. The van der Waals surface area contributed by atoms with E-state index in [-0.39, 0.29) is 0 Å². The normalized spacial score (nSPS) is 10.9. The molecule has 1 aromatic carbocycles. The number of para-hydroxylation sites is 1. The minimum atomic E-state index is 0.713. The van der Waals surface area contributed by atoms with E-state index in [1.807, 2.05) is 25.2 Å². The van der Waals surface area contributed by atoms with Crippen molar-refractivity contribution in [2.24, 2.45) is 0 Å². The van der Waals surface area contributed by atoms with Crippen molar-refractivity contribution in [2.75, 3.05) is 7.05 Å². The summed E-state index contributed by atoms with van der Waals surface area (Å²) in [5.41, 5.74) is 3.13. The van der Waals surface area contributed by atoms with E-state index in [1.165, 1.54) is 5.56 Å². The van der Waals surface area contributed by atoms with Crippen molar-refractivity contribution in [1.29, 1.82) is 0 Å². The van der Waals surface area contributed by atoms with Gasteiger partial charge in [-0.3, -0.25) is 0 Å². The van der Waals surface area contributed by atoms with Gasteiger partial charge in [0.2, 0.25) is 0 Å². The molecule has 0 fully saturated rings. The molecule has 3 heteroatoms. The Balaban J connectivity index is 2.66. The molecule has 1 aromatic heterocycles. The SMILES string of the molecule is CNCc1nc2c(Cl)cccc2cc1C. The van der Waals surface area contributed by atoms with Crippen LogP contribution >= 0.6 is 11.6 Å². The van der Waals surface area contributed by atoms with Gasteiger partial charge < -0.3 is 5.32 Å². The zero-order valence-electron chi connectivity index (χ0n) is 8.84. The quantitative estimate of drug-likeness (QED) is 0.842. The summed E-state index contributed by atoms with van der Waals surface area (Å²) in [6.07, 6.45) is 0. The number of rotatable bonds is 2. The maximum Gasteiger partial charge on any atom is 0.0892 e. The van der Waals surface area contributed by atoms with E-state index >= 15 is 0 Å². The Labute approximate surface area is 94.3 Å². The van der Waals surface area contributed by atoms with Gasteiger partial charge in [-0.25, -0.2) is 4.98 Å². The van der Waals surface area contributed by atoms with Crippen LogP contribution in [0.4, 0.5) is 0 Å². The van der Waals surface area contributed by atoms with Gasteiger partial charge in [-0.1, -0.05) is 23.7 Å². The van der Waals surface area contributed by atoms with Crippen LogP contribution in [0.1, 0.15) is 11.3 Å². The van der Waals surface area contributed by atoms with E-state index in [0.29, 0.717) is 5.02 Å². The van der Waals surface area contributed by atoms with E-state index in [4.69, 9.17) is 11.6 Å². The number of nitrogens with one attached hydrogen (secondary N) is 1. The largest absolute Gasteiger partial charge is 0.314 e. The standard InChI is InChI=1S/C12H13ClN2/c1-8-6-9-4-3-5-10(13)12(9)15-11(8)7-14-2/h3-6,14H,7H2,1-2H3. The fourth-order valence-electron chi connectivity index (χ4n) is 1.65. The van der Waals surface area contributed by atoms with E-state index < -0.39 is 0 Å². The molecule has 0 saturated heterocycles. The molecule has 1 N–H and O–H groups in total. The maximum absolute atomic E-state index is 6.10. The van der Waals surface area contributed by atoms with Gasteiger partial charge in [-0.15, -0.1) is 0 Å². The monoisotopic (exact) mass is 220 g/mol. The van der Waals surface area contributed by atoms with Crippen molar-refractivity contribution >= 4 is 22.5 Å².